The fourth-order valence-electron chi connectivity index (χ4n) is 4.89. The van der Waals surface area contributed by atoms with Gasteiger partial charge in [-0.3, -0.25) is 0 Å². The first-order valence-electron chi connectivity index (χ1n) is 12.3. The zero-order chi connectivity index (χ0) is 22.9. The van der Waals surface area contributed by atoms with E-state index in [1.54, 1.807) is 14.2 Å². The first-order valence-corrected chi connectivity index (χ1v) is 12.3. The molecule has 5 nitrogen and oxygen atoms in total. The predicted octanol–water partition coefficient (Wildman–Crippen LogP) is 5.27. The van der Waals surface area contributed by atoms with Gasteiger partial charge in [0.2, 0.25) is 0 Å². The number of benzene rings is 2. The summed E-state index contributed by atoms with van der Waals surface area (Å²) in [7, 11) is 3.44. The average molecular weight is 448 g/mol. The molecule has 5 rings (SSSR count). The highest BCUT2D eigenvalue weighted by molar-refractivity contribution is 5.87. The van der Waals surface area contributed by atoms with Crippen molar-refractivity contribution in [1.29, 1.82) is 0 Å². The summed E-state index contributed by atoms with van der Waals surface area (Å²) in [6.45, 7) is 4.14. The molecule has 0 unspecified atom stereocenters. The second-order valence-corrected chi connectivity index (χ2v) is 8.95. The number of ether oxygens (including phenoxy) is 2. The van der Waals surface area contributed by atoms with Gasteiger partial charge in [0.15, 0.2) is 0 Å². The zero-order valence-electron chi connectivity index (χ0n) is 20.1. The fourth-order valence-corrected chi connectivity index (χ4v) is 4.89. The molecule has 2 aromatic rings. The summed E-state index contributed by atoms with van der Waals surface area (Å²) in [6, 6.07) is 14.8. The number of aliphatic imine (C=N–C) groups is 1. The lowest BCUT2D eigenvalue weighted by molar-refractivity contribution is 0.353. The van der Waals surface area contributed by atoms with Gasteiger partial charge in [0, 0.05) is 38.8 Å². The van der Waals surface area contributed by atoms with Crippen molar-refractivity contribution >= 4 is 11.9 Å². The van der Waals surface area contributed by atoms with Crippen LogP contribution in [0.4, 0.5) is 0 Å². The Bertz CT molecular complexity index is 957. The molecule has 1 N–H and O–H groups in total. The van der Waals surface area contributed by atoms with Crippen LogP contribution < -0.4 is 14.8 Å². The molecule has 2 aliphatic heterocycles. The minimum atomic E-state index is 0.777. The zero-order valence-corrected chi connectivity index (χ0v) is 20.1. The highest BCUT2D eigenvalue weighted by Gasteiger charge is 2.17. The topological polar surface area (TPSA) is 46.1 Å². The number of hydrogen-bond acceptors (Lipinski definition) is 5. The molecule has 0 radical (unpaired) electrons. The van der Waals surface area contributed by atoms with Gasteiger partial charge in [0.1, 0.15) is 17.3 Å². The Morgan fingerprint density at radius 3 is 2.42 bits per heavy atom. The van der Waals surface area contributed by atoms with Crippen LogP contribution in [0, 0.1) is 0 Å². The van der Waals surface area contributed by atoms with Crippen LogP contribution in [0.5, 0.6) is 11.5 Å². The van der Waals surface area contributed by atoms with Crippen molar-refractivity contribution in [2.75, 3.05) is 40.4 Å². The third-order valence-electron chi connectivity index (χ3n) is 6.83. The Morgan fingerprint density at radius 2 is 1.67 bits per heavy atom. The van der Waals surface area contributed by atoms with Crippen molar-refractivity contribution in [3.63, 3.8) is 0 Å². The van der Waals surface area contributed by atoms with E-state index in [9.17, 15) is 0 Å². The van der Waals surface area contributed by atoms with E-state index >= 15 is 0 Å². The molecule has 3 aliphatic rings. The standard InChI is InChI=1S/C15H19N3O.C13H18O/c1-19-14-3-2-12-4-5-17-15(11-13(12)10-14)18-8-6-16-7-9-18;1-14-13-9-5-8-12(10-13)11-6-3-2-4-7-11/h2-5,10,16H,6-9,11H2,1H3;5,8-11H,2-4,6-7H2,1H3. The number of methoxy groups -OCH3 is 2. The summed E-state index contributed by atoms with van der Waals surface area (Å²) in [4.78, 5) is 6.98. The molecular weight excluding hydrogens is 410 g/mol. The van der Waals surface area contributed by atoms with E-state index in [1.807, 2.05) is 18.3 Å². The summed E-state index contributed by atoms with van der Waals surface area (Å²) in [5.74, 6) is 3.84. The van der Waals surface area contributed by atoms with E-state index in [-0.39, 0.29) is 0 Å². The van der Waals surface area contributed by atoms with Gasteiger partial charge in [-0.15, -0.1) is 0 Å². The highest BCUT2D eigenvalue weighted by Crippen LogP contribution is 2.33. The molecule has 2 aromatic carbocycles. The molecule has 5 heteroatoms. The van der Waals surface area contributed by atoms with Crippen LogP contribution >= 0.6 is 0 Å². The SMILES string of the molecule is COc1ccc2c(c1)CC(N1CCNCC1)=NC=C2.COc1cccc(C2CCCCC2)c1. The summed E-state index contributed by atoms with van der Waals surface area (Å²) in [5, 5.41) is 3.37. The maximum Gasteiger partial charge on any atom is 0.119 e. The van der Waals surface area contributed by atoms with Gasteiger partial charge in [-0.05, 0) is 65.8 Å². The van der Waals surface area contributed by atoms with Gasteiger partial charge in [0.25, 0.3) is 0 Å². The fraction of sp³-hybridized carbons (Fsp3) is 0.464. The largest absolute Gasteiger partial charge is 0.497 e. The van der Waals surface area contributed by atoms with Crippen molar-refractivity contribution in [3.05, 3.63) is 65.4 Å². The second kappa shape index (κ2) is 11.9. The predicted molar refractivity (Wildman–Crippen MR) is 136 cm³/mol. The molecule has 33 heavy (non-hydrogen) atoms. The monoisotopic (exact) mass is 447 g/mol. The summed E-state index contributed by atoms with van der Waals surface area (Å²) in [6.07, 6.45) is 11.8. The number of hydrogen-bond donors (Lipinski definition) is 1. The minimum Gasteiger partial charge on any atom is -0.497 e. The summed E-state index contributed by atoms with van der Waals surface area (Å²) >= 11 is 0. The first-order chi connectivity index (χ1) is 16.3. The molecule has 0 aromatic heterocycles. The van der Waals surface area contributed by atoms with Crippen molar-refractivity contribution in [2.45, 2.75) is 44.4 Å². The van der Waals surface area contributed by atoms with Crippen LogP contribution in [-0.4, -0.2) is 51.1 Å². The number of amidine groups is 1. The lowest BCUT2D eigenvalue weighted by Crippen LogP contribution is -2.47. The quantitative estimate of drug-likeness (QED) is 0.696. The normalized spacial score (nSPS) is 18.4. The van der Waals surface area contributed by atoms with Gasteiger partial charge in [0.05, 0.1) is 14.2 Å². The van der Waals surface area contributed by atoms with Gasteiger partial charge >= 0.3 is 0 Å². The average Bonchev–Trinajstić information content (AvgIpc) is 3.12. The molecular formula is C28H37N3O2. The molecule has 0 bridgehead atoms. The molecule has 0 atom stereocenters. The Hall–Kier alpha value is -2.79. The van der Waals surface area contributed by atoms with E-state index in [2.05, 4.69) is 51.6 Å². The third-order valence-corrected chi connectivity index (χ3v) is 6.83. The first kappa shape index (κ1) is 23.4. The number of nitrogens with zero attached hydrogens (tertiary/aromatic N) is 2. The van der Waals surface area contributed by atoms with E-state index in [1.165, 1.54) is 48.8 Å². The van der Waals surface area contributed by atoms with E-state index in [0.29, 0.717) is 0 Å². The summed E-state index contributed by atoms with van der Waals surface area (Å²) < 4.78 is 10.6. The molecule has 1 saturated carbocycles. The van der Waals surface area contributed by atoms with Crippen LogP contribution in [0.3, 0.4) is 0 Å². The molecule has 1 aliphatic carbocycles. The molecule has 1 saturated heterocycles. The van der Waals surface area contributed by atoms with E-state index in [0.717, 1.165) is 55.9 Å². The third kappa shape index (κ3) is 6.38. The van der Waals surface area contributed by atoms with Crippen molar-refractivity contribution in [3.8, 4) is 11.5 Å². The smallest absolute Gasteiger partial charge is 0.119 e. The van der Waals surface area contributed by atoms with Crippen LogP contribution in [0.1, 0.15) is 54.7 Å². The number of rotatable bonds is 3. The molecule has 0 amide bonds. The van der Waals surface area contributed by atoms with Gasteiger partial charge < -0.3 is 19.7 Å². The van der Waals surface area contributed by atoms with Crippen LogP contribution in [-0.2, 0) is 6.42 Å². The minimum absolute atomic E-state index is 0.777. The summed E-state index contributed by atoms with van der Waals surface area (Å²) in [5.41, 5.74) is 3.98. The van der Waals surface area contributed by atoms with Crippen molar-refractivity contribution < 1.29 is 9.47 Å². The van der Waals surface area contributed by atoms with Crippen molar-refractivity contribution in [1.82, 2.24) is 10.2 Å². The molecule has 2 fully saturated rings. The number of nitrogens with one attached hydrogen (secondary N) is 1. The lowest BCUT2D eigenvalue weighted by atomic mass is 9.84. The Labute approximate surface area is 198 Å². The maximum atomic E-state index is 5.31. The van der Waals surface area contributed by atoms with Gasteiger partial charge in [-0.1, -0.05) is 37.5 Å². The maximum absolute atomic E-state index is 5.31. The lowest BCUT2D eigenvalue weighted by Gasteiger charge is -2.30. The van der Waals surface area contributed by atoms with Crippen molar-refractivity contribution in [2.24, 2.45) is 4.99 Å². The number of fused-ring (bicyclic) bond motifs is 1. The van der Waals surface area contributed by atoms with Gasteiger partial charge in [-0.2, -0.15) is 0 Å². The van der Waals surface area contributed by atoms with Crippen LogP contribution in [0.15, 0.2) is 53.7 Å². The Balaban J connectivity index is 0.000000165. The number of piperazine rings is 1. The Morgan fingerprint density at radius 1 is 0.909 bits per heavy atom. The van der Waals surface area contributed by atoms with Gasteiger partial charge in [-0.25, -0.2) is 4.99 Å². The van der Waals surface area contributed by atoms with Crippen LogP contribution in [0.2, 0.25) is 0 Å². The van der Waals surface area contributed by atoms with Crippen LogP contribution in [0.25, 0.3) is 6.08 Å². The molecule has 2 heterocycles. The van der Waals surface area contributed by atoms with E-state index < -0.39 is 0 Å². The second-order valence-electron chi connectivity index (χ2n) is 8.95. The molecule has 176 valence electrons. The van der Waals surface area contributed by atoms with E-state index in [4.69, 9.17) is 9.47 Å². The molecule has 0 spiro atoms. The highest BCUT2D eigenvalue weighted by atomic mass is 16.5. The Kier molecular flexibility index (Phi) is 8.42.